The number of rotatable bonds is 3. The van der Waals surface area contributed by atoms with Crippen LogP contribution in [0.25, 0.3) is 0 Å². The van der Waals surface area contributed by atoms with Crippen molar-refractivity contribution < 1.29 is 9.84 Å². The van der Waals surface area contributed by atoms with Crippen molar-refractivity contribution in [3.63, 3.8) is 0 Å². The molecule has 3 heteroatoms. The van der Waals surface area contributed by atoms with Crippen LogP contribution in [0.1, 0.15) is 30.9 Å². The van der Waals surface area contributed by atoms with Gasteiger partial charge in [-0.1, -0.05) is 18.6 Å². The lowest BCUT2D eigenvalue weighted by Gasteiger charge is -2.26. The maximum Gasteiger partial charge on any atom is 0.118 e. The number of thioether (sulfide) groups is 1. The highest BCUT2D eigenvalue weighted by Crippen LogP contribution is 2.34. The minimum atomic E-state index is -0.337. The first-order chi connectivity index (χ1) is 7.81. The molecule has 88 valence electrons. The molecule has 2 atom stereocenters. The van der Waals surface area contributed by atoms with E-state index in [0.717, 1.165) is 17.7 Å². The molecule has 0 bridgehead atoms. The molecule has 1 fully saturated rings. The summed E-state index contributed by atoms with van der Waals surface area (Å²) >= 11 is 1.89. The molecule has 1 aliphatic rings. The smallest absolute Gasteiger partial charge is 0.118 e. The molecule has 0 aromatic heterocycles. The summed E-state index contributed by atoms with van der Waals surface area (Å²) in [5.74, 6) is 2.02. The third kappa shape index (κ3) is 2.71. The Bertz CT molecular complexity index is 317. The molecule has 0 saturated carbocycles. The van der Waals surface area contributed by atoms with E-state index >= 15 is 0 Å². The lowest BCUT2D eigenvalue weighted by molar-refractivity contribution is 0.168. The van der Waals surface area contributed by atoms with Crippen molar-refractivity contribution >= 4 is 11.8 Å². The Balaban J connectivity index is 2.04. The van der Waals surface area contributed by atoms with Gasteiger partial charge in [0.15, 0.2) is 0 Å². The van der Waals surface area contributed by atoms with Crippen LogP contribution in [0, 0.1) is 0 Å². The highest BCUT2D eigenvalue weighted by molar-refractivity contribution is 7.99. The number of hydrogen-bond donors (Lipinski definition) is 1. The second-order valence-electron chi connectivity index (χ2n) is 4.12. The number of aliphatic hydroxyl groups is 1. The second-order valence-corrected chi connectivity index (χ2v) is 5.47. The maximum absolute atomic E-state index is 10.2. The van der Waals surface area contributed by atoms with E-state index in [-0.39, 0.29) is 6.10 Å². The zero-order valence-corrected chi connectivity index (χ0v) is 10.4. The zero-order chi connectivity index (χ0) is 11.4. The molecule has 2 nitrogen and oxygen atoms in total. The van der Waals surface area contributed by atoms with Crippen molar-refractivity contribution in [1.82, 2.24) is 0 Å². The van der Waals surface area contributed by atoms with Gasteiger partial charge in [-0.2, -0.15) is 11.8 Å². The molecule has 1 aliphatic heterocycles. The monoisotopic (exact) mass is 238 g/mol. The van der Waals surface area contributed by atoms with E-state index in [1.54, 1.807) is 7.11 Å². The Hall–Kier alpha value is -0.670. The standard InChI is InChI=1S/C13H18O2S/c1-15-11-7-5-10(6-8-11)13(14)12-4-2-3-9-16-12/h5-8,12-14H,2-4,9H2,1H3. The lowest BCUT2D eigenvalue weighted by Crippen LogP contribution is -2.18. The van der Waals surface area contributed by atoms with Gasteiger partial charge >= 0.3 is 0 Å². The topological polar surface area (TPSA) is 29.5 Å². The largest absolute Gasteiger partial charge is 0.497 e. The van der Waals surface area contributed by atoms with E-state index in [9.17, 15) is 5.11 Å². The number of aliphatic hydroxyl groups excluding tert-OH is 1. The first kappa shape index (κ1) is 11.8. The second kappa shape index (κ2) is 5.60. The molecule has 0 amide bonds. The van der Waals surface area contributed by atoms with Crippen LogP contribution in [-0.4, -0.2) is 23.2 Å². The van der Waals surface area contributed by atoms with Crippen LogP contribution in [0.15, 0.2) is 24.3 Å². The van der Waals surface area contributed by atoms with Gasteiger partial charge in [0.05, 0.1) is 13.2 Å². The molecule has 1 aromatic carbocycles. The number of hydrogen-bond acceptors (Lipinski definition) is 3. The van der Waals surface area contributed by atoms with Crippen molar-refractivity contribution in [3.05, 3.63) is 29.8 Å². The first-order valence-electron chi connectivity index (χ1n) is 5.75. The van der Waals surface area contributed by atoms with Gasteiger partial charge in [0.1, 0.15) is 5.75 Å². The molecular formula is C13H18O2S. The molecule has 1 saturated heterocycles. The van der Waals surface area contributed by atoms with E-state index in [1.807, 2.05) is 36.0 Å². The molecule has 2 rings (SSSR count). The van der Waals surface area contributed by atoms with Gasteiger partial charge in [-0.25, -0.2) is 0 Å². The quantitative estimate of drug-likeness (QED) is 0.877. The molecule has 16 heavy (non-hydrogen) atoms. The average Bonchev–Trinajstić information content (AvgIpc) is 2.39. The fourth-order valence-corrected chi connectivity index (χ4v) is 3.38. The van der Waals surface area contributed by atoms with E-state index < -0.39 is 0 Å². The SMILES string of the molecule is COc1ccc(C(O)C2CCCCS2)cc1. The van der Waals surface area contributed by atoms with Crippen LogP contribution in [0.2, 0.25) is 0 Å². The summed E-state index contributed by atoms with van der Waals surface area (Å²) < 4.78 is 5.11. The van der Waals surface area contributed by atoms with Gasteiger partial charge in [0.2, 0.25) is 0 Å². The summed E-state index contributed by atoms with van der Waals surface area (Å²) in [7, 11) is 1.66. The fraction of sp³-hybridized carbons (Fsp3) is 0.538. The summed E-state index contributed by atoms with van der Waals surface area (Å²) in [5, 5.41) is 10.6. The van der Waals surface area contributed by atoms with Gasteiger partial charge in [0.25, 0.3) is 0 Å². The molecule has 1 N–H and O–H groups in total. The third-order valence-electron chi connectivity index (χ3n) is 3.02. The van der Waals surface area contributed by atoms with Gasteiger partial charge in [-0.3, -0.25) is 0 Å². The van der Waals surface area contributed by atoms with Crippen LogP contribution in [0.5, 0.6) is 5.75 Å². The van der Waals surface area contributed by atoms with Crippen LogP contribution in [0.4, 0.5) is 0 Å². The van der Waals surface area contributed by atoms with Crippen LogP contribution >= 0.6 is 11.8 Å². The van der Waals surface area contributed by atoms with Gasteiger partial charge < -0.3 is 9.84 Å². The Labute approximate surface area is 101 Å². The molecule has 2 unspecified atom stereocenters. The molecular weight excluding hydrogens is 220 g/mol. The minimum absolute atomic E-state index is 0.337. The molecule has 1 heterocycles. The van der Waals surface area contributed by atoms with Crippen molar-refractivity contribution in [2.75, 3.05) is 12.9 Å². The number of ether oxygens (including phenoxy) is 1. The van der Waals surface area contributed by atoms with Crippen molar-refractivity contribution in [2.45, 2.75) is 30.6 Å². The summed E-state index contributed by atoms with van der Waals surface area (Å²) in [4.78, 5) is 0. The lowest BCUT2D eigenvalue weighted by atomic mass is 10.0. The Morgan fingerprint density at radius 3 is 2.62 bits per heavy atom. The number of benzene rings is 1. The Morgan fingerprint density at radius 2 is 2.06 bits per heavy atom. The summed E-state index contributed by atoms with van der Waals surface area (Å²) in [6, 6.07) is 7.73. The Kier molecular flexibility index (Phi) is 4.13. The predicted molar refractivity (Wildman–Crippen MR) is 68.1 cm³/mol. The van der Waals surface area contributed by atoms with Crippen molar-refractivity contribution in [1.29, 1.82) is 0 Å². The van der Waals surface area contributed by atoms with Crippen molar-refractivity contribution in [3.8, 4) is 5.75 Å². The van der Waals surface area contributed by atoms with Crippen LogP contribution in [0.3, 0.4) is 0 Å². The van der Waals surface area contributed by atoms with Crippen LogP contribution < -0.4 is 4.74 Å². The molecule has 0 radical (unpaired) electrons. The molecule has 0 spiro atoms. The van der Waals surface area contributed by atoms with E-state index in [4.69, 9.17) is 4.74 Å². The predicted octanol–water partition coefficient (Wildman–Crippen LogP) is 3.01. The fourth-order valence-electron chi connectivity index (χ4n) is 2.03. The summed E-state index contributed by atoms with van der Waals surface area (Å²) in [6.45, 7) is 0. The third-order valence-corrected chi connectivity index (χ3v) is 4.47. The highest BCUT2D eigenvalue weighted by atomic mass is 32.2. The van der Waals surface area contributed by atoms with Gasteiger partial charge in [-0.05, 0) is 36.3 Å². The van der Waals surface area contributed by atoms with Gasteiger partial charge in [0, 0.05) is 5.25 Å². The maximum atomic E-state index is 10.2. The van der Waals surface area contributed by atoms with E-state index in [2.05, 4.69) is 0 Å². The molecule has 0 aliphatic carbocycles. The average molecular weight is 238 g/mol. The van der Waals surface area contributed by atoms with Crippen LogP contribution in [-0.2, 0) is 0 Å². The summed E-state index contributed by atoms with van der Waals surface area (Å²) in [5.41, 5.74) is 1.00. The Morgan fingerprint density at radius 1 is 1.31 bits per heavy atom. The number of methoxy groups -OCH3 is 1. The summed E-state index contributed by atoms with van der Waals surface area (Å²) in [6.07, 6.45) is 3.32. The highest BCUT2D eigenvalue weighted by Gasteiger charge is 2.23. The van der Waals surface area contributed by atoms with E-state index in [0.29, 0.717) is 5.25 Å². The van der Waals surface area contributed by atoms with Crippen molar-refractivity contribution in [2.24, 2.45) is 0 Å². The first-order valence-corrected chi connectivity index (χ1v) is 6.80. The molecule has 1 aromatic rings. The van der Waals surface area contributed by atoms with Gasteiger partial charge in [-0.15, -0.1) is 0 Å². The van der Waals surface area contributed by atoms with E-state index in [1.165, 1.54) is 18.6 Å². The normalized spacial score (nSPS) is 22.8. The zero-order valence-electron chi connectivity index (χ0n) is 9.56. The minimum Gasteiger partial charge on any atom is -0.497 e.